The van der Waals surface area contributed by atoms with Gasteiger partial charge in [0.1, 0.15) is 5.71 Å². The molecule has 0 saturated heterocycles. The van der Waals surface area contributed by atoms with Gasteiger partial charge in [-0.2, -0.15) is 0 Å². The van der Waals surface area contributed by atoms with Crippen molar-refractivity contribution in [3.63, 3.8) is 0 Å². The second-order valence-electron chi connectivity index (χ2n) is 6.88. The lowest BCUT2D eigenvalue weighted by Gasteiger charge is -2.14. The minimum atomic E-state index is -0.297. The molecule has 0 radical (unpaired) electrons. The van der Waals surface area contributed by atoms with Gasteiger partial charge in [0.2, 0.25) is 0 Å². The molecule has 0 spiro atoms. The van der Waals surface area contributed by atoms with Crippen LogP contribution in [0.25, 0.3) is 6.08 Å². The summed E-state index contributed by atoms with van der Waals surface area (Å²) in [4.78, 5) is 6.12. The Morgan fingerprint density at radius 1 is 0.600 bits per heavy atom. The summed E-state index contributed by atoms with van der Waals surface area (Å²) in [7, 11) is 0. The van der Waals surface area contributed by atoms with Crippen molar-refractivity contribution in [2.45, 2.75) is 6.10 Å². The van der Waals surface area contributed by atoms with Crippen molar-refractivity contribution < 1.29 is 4.84 Å². The van der Waals surface area contributed by atoms with Gasteiger partial charge in [-0.3, -0.25) is 0 Å². The summed E-state index contributed by atoms with van der Waals surface area (Å²) in [6, 6.07) is 40.6. The van der Waals surface area contributed by atoms with Gasteiger partial charge in [-0.05, 0) is 17.2 Å². The van der Waals surface area contributed by atoms with E-state index < -0.39 is 0 Å². The van der Waals surface area contributed by atoms with Crippen LogP contribution >= 0.6 is 0 Å². The summed E-state index contributed by atoms with van der Waals surface area (Å²) in [5, 5.41) is 4.62. The standard InChI is InChI=1S/C28H23NO/c1-5-13-23(14-6-1)21-22-27(24-15-7-2-8-16-24)30-29-28(25-17-9-3-10-18-25)26-19-11-4-12-20-26/h1-22,27H. The van der Waals surface area contributed by atoms with Crippen LogP contribution in [0.4, 0.5) is 0 Å². The average molecular weight is 389 g/mol. The number of hydrogen-bond acceptors (Lipinski definition) is 2. The summed E-state index contributed by atoms with van der Waals surface area (Å²) >= 11 is 0. The van der Waals surface area contributed by atoms with Gasteiger partial charge in [0.15, 0.2) is 6.10 Å². The summed E-state index contributed by atoms with van der Waals surface area (Å²) in [6.45, 7) is 0. The van der Waals surface area contributed by atoms with E-state index in [0.717, 1.165) is 28.0 Å². The summed E-state index contributed by atoms with van der Waals surface area (Å²) in [5.74, 6) is 0. The molecule has 0 aliphatic heterocycles. The molecule has 30 heavy (non-hydrogen) atoms. The molecule has 0 aliphatic carbocycles. The predicted molar refractivity (Wildman–Crippen MR) is 124 cm³/mol. The molecule has 0 saturated carbocycles. The summed E-state index contributed by atoms with van der Waals surface area (Å²) in [5.41, 5.74) is 5.02. The summed E-state index contributed by atoms with van der Waals surface area (Å²) < 4.78 is 0. The van der Waals surface area contributed by atoms with Crippen LogP contribution in [0, 0.1) is 0 Å². The van der Waals surface area contributed by atoms with Crippen LogP contribution in [-0.4, -0.2) is 5.71 Å². The van der Waals surface area contributed by atoms with E-state index in [1.807, 2.05) is 103 Å². The van der Waals surface area contributed by atoms with Gasteiger partial charge in [-0.25, -0.2) is 0 Å². The quantitative estimate of drug-likeness (QED) is 0.248. The molecule has 0 aromatic heterocycles. The Kier molecular flexibility index (Phi) is 6.49. The molecule has 0 heterocycles. The summed E-state index contributed by atoms with van der Waals surface area (Å²) in [6.07, 6.45) is 3.81. The van der Waals surface area contributed by atoms with Gasteiger partial charge >= 0.3 is 0 Å². The molecule has 4 rings (SSSR count). The lowest BCUT2D eigenvalue weighted by Crippen LogP contribution is -2.06. The van der Waals surface area contributed by atoms with Gasteiger partial charge in [-0.1, -0.05) is 133 Å². The monoisotopic (exact) mass is 389 g/mol. The van der Waals surface area contributed by atoms with Gasteiger partial charge in [-0.15, -0.1) is 0 Å². The first kappa shape index (κ1) is 19.4. The van der Waals surface area contributed by atoms with E-state index in [4.69, 9.17) is 4.84 Å². The Labute approximate surface area is 177 Å². The normalized spacial score (nSPS) is 11.7. The first-order valence-electron chi connectivity index (χ1n) is 10.0. The maximum atomic E-state index is 6.12. The highest BCUT2D eigenvalue weighted by molar-refractivity contribution is 6.12. The Morgan fingerprint density at radius 3 is 1.60 bits per heavy atom. The molecule has 2 nitrogen and oxygen atoms in total. The molecule has 146 valence electrons. The van der Waals surface area contributed by atoms with Gasteiger partial charge < -0.3 is 4.84 Å². The fourth-order valence-corrected chi connectivity index (χ4v) is 3.19. The lowest BCUT2D eigenvalue weighted by atomic mass is 10.0. The molecule has 0 aliphatic rings. The molecule has 0 N–H and O–H groups in total. The topological polar surface area (TPSA) is 21.6 Å². The number of nitrogens with zero attached hydrogens (tertiary/aromatic N) is 1. The van der Waals surface area contributed by atoms with E-state index in [-0.39, 0.29) is 6.10 Å². The van der Waals surface area contributed by atoms with Crippen LogP contribution in [-0.2, 0) is 4.84 Å². The highest BCUT2D eigenvalue weighted by Crippen LogP contribution is 2.22. The molecule has 4 aromatic rings. The maximum Gasteiger partial charge on any atom is 0.171 e. The second kappa shape index (κ2) is 10.0. The van der Waals surface area contributed by atoms with Crippen LogP contribution < -0.4 is 0 Å². The number of rotatable bonds is 7. The van der Waals surface area contributed by atoms with E-state index in [9.17, 15) is 0 Å². The van der Waals surface area contributed by atoms with E-state index in [1.54, 1.807) is 0 Å². The Hall–Kier alpha value is -3.91. The van der Waals surface area contributed by atoms with E-state index in [2.05, 4.69) is 35.5 Å². The highest BCUT2D eigenvalue weighted by atomic mass is 16.6. The van der Waals surface area contributed by atoms with Crippen LogP contribution in [0.15, 0.2) is 133 Å². The Morgan fingerprint density at radius 2 is 1.07 bits per heavy atom. The fraction of sp³-hybridized carbons (Fsp3) is 0.0357. The highest BCUT2D eigenvalue weighted by Gasteiger charge is 2.12. The molecule has 0 amide bonds. The van der Waals surface area contributed by atoms with Crippen LogP contribution in [0.5, 0.6) is 0 Å². The first-order valence-corrected chi connectivity index (χ1v) is 10.0. The predicted octanol–water partition coefficient (Wildman–Crippen LogP) is 6.91. The number of hydrogen-bond donors (Lipinski definition) is 0. The van der Waals surface area contributed by atoms with Crippen molar-refractivity contribution in [1.29, 1.82) is 0 Å². The Balaban J connectivity index is 1.68. The largest absolute Gasteiger partial charge is 0.383 e. The van der Waals surface area contributed by atoms with E-state index in [0.29, 0.717) is 0 Å². The van der Waals surface area contributed by atoms with Crippen molar-refractivity contribution in [2.75, 3.05) is 0 Å². The minimum absolute atomic E-state index is 0.297. The maximum absolute atomic E-state index is 6.12. The third kappa shape index (κ3) is 5.12. The van der Waals surface area contributed by atoms with Crippen molar-refractivity contribution in [3.8, 4) is 0 Å². The van der Waals surface area contributed by atoms with Crippen LogP contribution in [0.2, 0.25) is 0 Å². The van der Waals surface area contributed by atoms with Crippen molar-refractivity contribution >= 4 is 11.8 Å². The minimum Gasteiger partial charge on any atom is -0.383 e. The Bertz CT molecular complexity index is 1050. The zero-order valence-electron chi connectivity index (χ0n) is 16.6. The van der Waals surface area contributed by atoms with E-state index >= 15 is 0 Å². The zero-order chi connectivity index (χ0) is 20.4. The van der Waals surface area contributed by atoms with Crippen LogP contribution in [0.3, 0.4) is 0 Å². The molecule has 1 atom stereocenters. The molecule has 2 heteroatoms. The smallest absolute Gasteiger partial charge is 0.171 e. The second-order valence-corrected chi connectivity index (χ2v) is 6.88. The van der Waals surface area contributed by atoms with Crippen LogP contribution in [0.1, 0.15) is 28.4 Å². The van der Waals surface area contributed by atoms with E-state index in [1.165, 1.54) is 0 Å². The average Bonchev–Trinajstić information content (AvgIpc) is 2.84. The molecular formula is C28H23NO. The van der Waals surface area contributed by atoms with Gasteiger partial charge in [0.25, 0.3) is 0 Å². The van der Waals surface area contributed by atoms with Crippen molar-refractivity contribution in [2.24, 2.45) is 5.16 Å². The lowest BCUT2D eigenvalue weighted by molar-refractivity contribution is 0.0937. The zero-order valence-corrected chi connectivity index (χ0v) is 16.6. The molecule has 1 unspecified atom stereocenters. The number of oxime groups is 1. The first-order chi connectivity index (χ1) is 14.9. The van der Waals surface area contributed by atoms with Crippen molar-refractivity contribution in [1.82, 2.24) is 0 Å². The molecule has 4 aromatic carbocycles. The third-order valence-electron chi connectivity index (χ3n) is 4.74. The molecule has 0 bridgehead atoms. The van der Waals surface area contributed by atoms with Gasteiger partial charge in [0.05, 0.1) is 0 Å². The molecular weight excluding hydrogens is 366 g/mol. The van der Waals surface area contributed by atoms with Gasteiger partial charge in [0, 0.05) is 11.1 Å². The van der Waals surface area contributed by atoms with Crippen molar-refractivity contribution in [3.05, 3.63) is 150 Å². The third-order valence-corrected chi connectivity index (χ3v) is 4.74. The fourth-order valence-electron chi connectivity index (χ4n) is 3.19. The molecule has 0 fully saturated rings. The SMILES string of the molecule is C(=CC(ON=C(c1ccccc1)c1ccccc1)c1ccccc1)c1ccccc1. The number of benzene rings is 4.